The lowest BCUT2D eigenvalue weighted by molar-refractivity contribution is -0.110. The second kappa shape index (κ2) is 2.33. The largest absolute Gasteiger partial charge is 0.445 e. The van der Waals surface area contributed by atoms with E-state index in [4.69, 9.17) is 0 Å². The topological polar surface area (TPSA) is 0 Å². The van der Waals surface area contributed by atoms with Crippen molar-refractivity contribution in [1.29, 1.82) is 0 Å². The molecule has 5 heteroatoms. The lowest BCUT2D eigenvalue weighted by Crippen LogP contribution is -2.08. The molecule has 0 aromatic carbocycles. The average Bonchev–Trinajstić information content (AvgIpc) is 1.62. The van der Waals surface area contributed by atoms with Crippen molar-refractivity contribution in [3.63, 3.8) is 0 Å². The van der Waals surface area contributed by atoms with E-state index >= 15 is 0 Å². The Morgan fingerprint density at radius 2 is 1.44 bits per heavy atom. The van der Waals surface area contributed by atoms with E-state index in [-0.39, 0.29) is 0 Å². The first-order valence-electron chi connectivity index (χ1n) is 1.80. The summed E-state index contributed by atoms with van der Waals surface area (Å²) in [5.74, 6) is -4.87. The quantitative estimate of drug-likeness (QED) is 0.459. The first-order chi connectivity index (χ1) is 3.85. The van der Waals surface area contributed by atoms with Crippen LogP contribution in [0.25, 0.3) is 0 Å². The fourth-order valence-electron chi connectivity index (χ4n) is 0.154. The van der Waals surface area contributed by atoms with Crippen molar-refractivity contribution >= 4 is 0 Å². The van der Waals surface area contributed by atoms with Crippen LogP contribution in [0.3, 0.4) is 0 Å². The summed E-state index contributed by atoms with van der Waals surface area (Å²) in [4.78, 5) is 0. The Labute approximate surface area is 48.0 Å². The Balaban J connectivity index is 4.40. The maximum Gasteiger partial charge on any atom is 0.445 e. The summed E-state index contributed by atoms with van der Waals surface area (Å²) in [6, 6.07) is 0. The molecule has 0 nitrogen and oxygen atoms in total. The molecule has 0 rings (SSSR count). The number of hydrogen-bond donors (Lipinski definition) is 0. The molecule has 1 radical (unpaired) electrons. The number of rotatable bonds is 0. The molecule has 0 heterocycles. The Kier molecular flexibility index (Phi) is 2.17. The first-order valence-corrected chi connectivity index (χ1v) is 1.80. The van der Waals surface area contributed by atoms with Crippen LogP contribution >= 0.6 is 0 Å². The van der Waals surface area contributed by atoms with Gasteiger partial charge in [0.1, 0.15) is 5.83 Å². The monoisotopic (exact) mass is 145 g/mol. The van der Waals surface area contributed by atoms with E-state index in [1.165, 1.54) is 0 Å². The fraction of sp³-hybridized carbons (Fsp3) is 0.250. The minimum Gasteiger partial charge on any atom is -0.209 e. The van der Waals surface area contributed by atoms with Gasteiger partial charge in [-0.05, 0) is 0 Å². The van der Waals surface area contributed by atoms with Gasteiger partial charge < -0.3 is 0 Å². The van der Waals surface area contributed by atoms with Crippen LogP contribution in [0.5, 0.6) is 0 Å². The van der Waals surface area contributed by atoms with Crippen LogP contribution < -0.4 is 0 Å². The van der Waals surface area contributed by atoms with Gasteiger partial charge in [0.2, 0.25) is 5.83 Å². The molecule has 0 spiro atoms. The van der Waals surface area contributed by atoms with E-state index < -0.39 is 17.8 Å². The zero-order valence-corrected chi connectivity index (χ0v) is 4.10. The number of allylic oxidation sites excluding steroid dienone is 2. The molecule has 0 aliphatic rings. The minimum atomic E-state index is -5.24. The number of hydrogen-bond acceptors (Lipinski definition) is 0. The lowest BCUT2D eigenvalue weighted by atomic mass is 10.4. The highest BCUT2D eigenvalue weighted by Crippen LogP contribution is 2.28. The van der Waals surface area contributed by atoms with Crippen molar-refractivity contribution in [3.8, 4) is 0 Å². The van der Waals surface area contributed by atoms with Crippen LogP contribution in [0, 0.1) is 6.92 Å². The molecule has 0 fully saturated rings. The summed E-state index contributed by atoms with van der Waals surface area (Å²) in [5.41, 5.74) is 0. The predicted octanol–water partition coefficient (Wildman–Crippen LogP) is 2.53. The second-order valence-electron chi connectivity index (χ2n) is 1.22. The van der Waals surface area contributed by atoms with Crippen molar-refractivity contribution in [2.75, 3.05) is 0 Å². The number of halogens is 5. The molecule has 0 N–H and O–H groups in total. The standard InChI is InChI=1S/C4H2F5/c1-2(5)3(6)4(7,8)9/h1H2. The van der Waals surface area contributed by atoms with Gasteiger partial charge in [0.25, 0.3) is 0 Å². The molecule has 0 aromatic heterocycles. The highest BCUT2D eigenvalue weighted by Gasteiger charge is 2.36. The van der Waals surface area contributed by atoms with E-state index in [0.717, 1.165) is 0 Å². The summed E-state index contributed by atoms with van der Waals surface area (Å²) in [6.07, 6.45) is -5.24. The molecule has 0 saturated carbocycles. The van der Waals surface area contributed by atoms with Gasteiger partial charge in [-0.2, -0.15) is 17.6 Å². The summed E-state index contributed by atoms with van der Waals surface area (Å²) >= 11 is 0. The van der Waals surface area contributed by atoms with Crippen molar-refractivity contribution in [1.82, 2.24) is 0 Å². The molecule has 0 aromatic rings. The van der Waals surface area contributed by atoms with Gasteiger partial charge in [-0.1, -0.05) is 0 Å². The Bertz CT molecular complexity index is 126. The van der Waals surface area contributed by atoms with Gasteiger partial charge in [-0.25, -0.2) is 4.39 Å². The van der Waals surface area contributed by atoms with Crippen molar-refractivity contribution in [2.45, 2.75) is 6.18 Å². The van der Waals surface area contributed by atoms with Crippen molar-refractivity contribution < 1.29 is 22.0 Å². The molecular formula is C4H2F5. The third-order valence-corrected chi connectivity index (χ3v) is 0.487. The lowest BCUT2D eigenvalue weighted by Gasteiger charge is -2.00. The third kappa shape index (κ3) is 2.43. The average molecular weight is 145 g/mol. The summed E-state index contributed by atoms with van der Waals surface area (Å²) in [7, 11) is 0. The minimum absolute atomic E-state index is 2.09. The zero-order valence-electron chi connectivity index (χ0n) is 4.10. The van der Waals surface area contributed by atoms with E-state index in [2.05, 4.69) is 6.92 Å². The van der Waals surface area contributed by atoms with Gasteiger partial charge in [0, 0.05) is 6.92 Å². The molecule has 0 bridgehead atoms. The van der Waals surface area contributed by atoms with E-state index in [1.54, 1.807) is 0 Å². The van der Waals surface area contributed by atoms with E-state index in [1.807, 2.05) is 0 Å². The number of alkyl halides is 3. The maximum absolute atomic E-state index is 11.3. The molecule has 0 amide bonds. The molecule has 0 atom stereocenters. The molecule has 0 aliphatic heterocycles. The van der Waals surface area contributed by atoms with E-state index in [0.29, 0.717) is 0 Å². The Morgan fingerprint density at radius 3 is 1.44 bits per heavy atom. The molecule has 0 saturated heterocycles. The van der Waals surface area contributed by atoms with Crippen LogP contribution in [-0.2, 0) is 0 Å². The van der Waals surface area contributed by atoms with Crippen LogP contribution in [0.1, 0.15) is 0 Å². The van der Waals surface area contributed by atoms with Crippen molar-refractivity contribution in [3.05, 3.63) is 18.6 Å². The fourth-order valence-corrected chi connectivity index (χ4v) is 0.154. The second-order valence-corrected chi connectivity index (χ2v) is 1.22. The highest BCUT2D eigenvalue weighted by atomic mass is 19.4. The third-order valence-electron chi connectivity index (χ3n) is 0.487. The van der Waals surface area contributed by atoms with E-state index in [9.17, 15) is 22.0 Å². The van der Waals surface area contributed by atoms with Gasteiger partial charge in [0.15, 0.2) is 0 Å². The zero-order chi connectivity index (χ0) is 7.65. The van der Waals surface area contributed by atoms with Crippen LogP contribution in [0.4, 0.5) is 22.0 Å². The van der Waals surface area contributed by atoms with Gasteiger partial charge >= 0.3 is 6.18 Å². The Morgan fingerprint density at radius 1 is 1.11 bits per heavy atom. The van der Waals surface area contributed by atoms with Gasteiger partial charge in [-0.15, -0.1) is 0 Å². The molecular weight excluding hydrogens is 143 g/mol. The maximum atomic E-state index is 11.3. The SMILES string of the molecule is [CH2]C(F)=C(F)C(F)(F)F. The first kappa shape index (κ1) is 8.39. The Hall–Kier alpha value is -0.610. The molecule has 0 unspecified atom stereocenters. The van der Waals surface area contributed by atoms with Gasteiger partial charge in [-0.3, -0.25) is 0 Å². The molecule has 53 valence electrons. The normalized spacial score (nSPS) is 15.3. The molecule has 0 aliphatic carbocycles. The van der Waals surface area contributed by atoms with Crippen LogP contribution in [0.2, 0.25) is 0 Å². The van der Waals surface area contributed by atoms with Crippen LogP contribution in [0.15, 0.2) is 11.7 Å². The molecule has 9 heavy (non-hydrogen) atoms. The van der Waals surface area contributed by atoms with Crippen LogP contribution in [-0.4, -0.2) is 6.18 Å². The highest BCUT2D eigenvalue weighted by molar-refractivity contribution is 5.07. The van der Waals surface area contributed by atoms with Gasteiger partial charge in [0.05, 0.1) is 0 Å². The smallest absolute Gasteiger partial charge is 0.209 e. The summed E-state index contributed by atoms with van der Waals surface area (Å²) < 4.78 is 55.6. The summed E-state index contributed by atoms with van der Waals surface area (Å²) in [5, 5.41) is 0. The predicted molar refractivity (Wildman–Crippen MR) is 20.7 cm³/mol. The summed E-state index contributed by atoms with van der Waals surface area (Å²) in [6.45, 7) is 2.12. The van der Waals surface area contributed by atoms with Crippen molar-refractivity contribution in [2.24, 2.45) is 0 Å².